The summed E-state index contributed by atoms with van der Waals surface area (Å²) in [5.41, 5.74) is 3.53. The van der Waals surface area contributed by atoms with Crippen molar-refractivity contribution in [2.45, 2.75) is 44.7 Å². The highest BCUT2D eigenvalue weighted by Crippen LogP contribution is 2.41. The summed E-state index contributed by atoms with van der Waals surface area (Å²) in [5, 5.41) is 9.14. The Morgan fingerprint density at radius 1 is 1.12 bits per heavy atom. The normalized spacial score (nSPS) is 14.2. The fourth-order valence-corrected chi connectivity index (χ4v) is 3.58. The second-order valence-corrected chi connectivity index (χ2v) is 7.84. The summed E-state index contributed by atoms with van der Waals surface area (Å²) in [5.74, 6) is -1.20. The molecule has 1 heterocycles. The number of primary amides is 1. The summed E-state index contributed by atoms with van der Waals surface area (Å²) in [7, 11) is 0. The van der Waals surface area contributed by atoms with Gasteiger partial charge in [0.15, 0.2) is 0 Å². The van der Waals surface area contributed by atoms with Crippen LogP contribution in [0.1, 0.15) is 37.4 Å². The molecule has 0 bridgehead atoms. The molecule has 1 aromatic heterocycles. The third-order valence-corrected chi connectivity index (χ3v) is 4.93. The van der Waals surface area contributed by atoms with Crippen molar-refractivity contribution in [1.82, 2.24) is 9.88 Å². The van der Waals surface area contributed by atoms with Crippen LogP contribution >= 0.6 is 0 Å². The smallest absolute Gasteiger partial charge is 0.368 e. The van der Waals surface area contributed by atoms with E-state index < -0.39 is 48.1 Å². The average molecular weight is 472 g/mol. The van der Waals surface area contributed by atoms with E-state index in [1.807, 2.05) is 0 Å². The molecule has 0 saturated heterocycles. The van der Waals surface area contributed by atoms with E-state index in [4.69, 9.17) is 11.0 Å². The van der Waals surface area contributed by atoms with E-state index in [1.165, 1.54) is 0 Å². The monoisotopic (exact) mass is 472 g/mol. The maximum absolute atomic E-state index is 14.1. The van der Waals surface area contributed by atoms with Gasteiger partial charge in [0.25, 0.3) is 0 Å². The zero-order valence-corrected chi connectivity index (χ0v) is 17.8. The zero-order chi connectivity index (χ0) is 25.0. The summed E-state index contributed by atoms with van der Waals surface area (Å²) in [4.78, 5) is 16.4. The van der Waals surface area contributed by atoms with E-state index >= 15 is 0 Å². The van der Waals surface area contributed by atoms with Crippen LogP contribution in [-0.2, 0) is 11.0 Å². The van der Waals surface area contributed by atoms with E-state index in [1.54, 1.807) is 19.9 Å². The molecule has 5 nitrogen and oxygen atoms in total. The minimum atomic E-state index is -4.90. The maximum atomic E-state index is 14.1. The molecule has 33 heavy (non-hydrogen) atoms. The summed E-state index contributed by atoms with van der Waals surface area (Å²) < 4.78 is 82.2. The minimum Gasteiger partial charge on any atom is -0.368 e. The summed E-state index contributed by atoms with van der Waals surface area (Å²) >= 11 is 0. The first-order valence-electron chi connectivity index (χ1n) is 9.88. The predicted octanol–water partition coefficient (Wildman–Crippen LogP) is 5.10. The third kappa shape index (κ3) is 6.44. The SMILES string of the molecule is CC(C)C[C@@H](C(N)=O)N(CC#N)[C@@H](c1ccc(-c2ncccc2C(F)(F)F)cc1)C(F)(F)F. The molecule has 0 unspecified atom stereocenters. The van der Waals surface area contributed by atoms with Crippen molar-refractivity contribution in [3.05, 3.63) is 53.7 Å². The highest BCUT2D eigenvalue weighted by Gasteiger charge is 2.48. The van der Waals surface area contributed by atoms with Gasteiger partial charge in [-0.05, 0) is 30.0 Å². The average Bonchev–Trinajstić information content (AvgIpc) is 2.70. The van der Waals surface area contributed by atoms with Crippen LogP contribution in [0.5, 0.6) is 0 Å². The number of nitriles is 1. The third-order valence-electron chi connectivity index (χ3n) is 4.93. The quantitative estimate of drug-likeness (QED) is 0.428. The van der Waals surface area contributed by atoms with Crippen molar-refractivity contribution in [3.63, 3.8) is 0 Å². The Morgan fingerprint density at radius 2 is 1.73 bits per heavy atom. The van der Waals surface area contributed by atoms with Crippen LogP contribution in [0.2, 0.25) is 0 Å². The van der Waals surface area contributed by atoms with Crippen molar-refractivity contribution in [1.29, 1.82) is 5.26 Å². The Labute approximate surface area is 186 Å². The molecule has 2 rings (SSSR count). The Bertz CT molecular complexity index is 996. The lowest BCUT2D eigenvalue weighted by molar-refractivity contribution is -0.192. The zero-order valence-electron chi connectivity index (χ0n) is 17.8. The topological polar surface area (TPSA) is 83.0 Å². The van der Waals surface area contributed by atoms with Gasteiger partial charge >= 0.3 is 12.4 Å². The molecule has 0 aliphatic heterocycles. The van der Waals surface area contributed by atoms with E-state index in [-0.39, 0.29) is 23.5 Å². The number of carbonyl (C=O) groups excluding carboxylic acids is 1. The highest BCUT2D eigenvalue weighted by molar-refractivity contribution is 5.80. The van der Waals surface area contributed by atoms with Crippen molar-refractivity contribution in [3.8, 4) is 17.3 Å². The second-order valence-electron chi connectivity index (χ2n) is 7.84. The second kappa shape index (κ2) is 10.2. The van der Waals surface area contributed by atoms with Crippen LogP contribution in [-0.4, -0.2) is 34.6 Å². The van der Waals surface area contributed by atoms with E-state index in [9.17, 15) is 31.1 Å². The van der Waals surface area contributed by atoms with Crippen LogP contribution in [0.25, 0.3) is 11.3 Å². The van der Waals surface area contributed by atoms with Crippen LogP contribution in [0, 0.1) is 17.2 Å². The maximum Gasteiger partial charge on any atom is 0.418 e. The standard InChI is InChI=1S/C22H22F6N4O/c1-13(2)12-17(20(30)33)32(11-9-29)19(22(26,27)28)15-7-5-14(6-8-15)18-16(21(23,24)25)4-3-10-31-18/h3-8,10,13,17,19H,11-12H2,1-2H3,(H2,30,33)/t17-,19-/m0/s1. The first-order chi connectivity index (χ1) is 15.3. The van der Waals surface area contributed by atoms with Crippen LogP contribution in [0.4, 0.5) is 26.3 Å². The number of amides is 1. The van der Waals surface area contributed by atoms with E-state index in [0.29, 0.717) is 4.90 Å². The molecular formula is C22H22F6N4O. The number of halogens is 6. The molecule has 0 aliphatic rings. The number of nitrogens with zero attached hydrogens (tertiary/aromatic N) is 3. The van der Waals surface area contributed by atoms with E-state index in [2.05, 4.69) is 4.98 Å². The van der Waals surface area contributed by atoms with Gasteiger partial charge in [0.05, 0.1) is 29.9 Å². The summed E-state index contributed by atoms with van der Waals surface area (Å²) in [6.45, 7) is 2.66. The first kappa shape index (κ1) is 26.1. The Hall–Kier alpha value is -3.13. The largest absolute Gasteiger partial charge is 0.418 e. The molecular weight excluding hydrogens is 450 g/mol. The molecule has 0 fully saturated rings. The number of rotatable bonds is 8. The molecule has 0 radical (unpaired) electrons. The van der Waals surface area contributed by atoms with Gasteiger partial charge in [-0.3, -0.25) is 14.7 Å². The summed E-state index contributed by atoms with van der Waals surface area (Å²) in [6, 6.07) is 4.06. The van der Waals surface area contributed by atoms with Crippen molar-refractivity contribution in [2.24, 2.45) is 11.7 Å². The molecule has 2 aromatic rings. The molecule has 0 saturated carbocycles. The molecule has 178 valence electrons. The number of pyridine rings is 1. The van der Waals surface area contributed by atoms with Crippen LogP contribution < -0.4 is 5.73 Å². The fourth-order valence-electron chi connectivity index (χ4n) is 3.58. The Balaban J connectivity index is 2.56. The summed E-state index contributed by atoms with van der Waals surface area (Å²) in [6.07, 6.45) is -8.46. The van der Waals surface area contributed by atoms with E-state index in [0.717, 1.165) is 42.6 Å². The molecule has 0 aliphatic carbocycles. The first-order valence-corrected chi connectivity index (χ1v) is 9.88. The molecule has 0 spiro atoms. The number of aromatic nitrogens is 1. The van der Waals surface area contributed by atoms with Crippen molar-refractivity contribution >= 4 is 5.91 Å². The van der Waals surface area contributed by atoms with Gasteiger partial charge < -0.3 is 5.73 Å². The number of nitrogens with two attached hydrogens (primary N) is 1. The van der Waals surface area contributed by atoms with Crippen molar-refractivity contribution in [2.75, 3.05) is 6.54 Å². The molecule has 2 atom stereocenters. The molecule has 2 N–H and O–H groups in total. The van der Waals surface area contributed by atoms with Gasteiger partial charge in [-0.1, -0.05) is 38.1 Å². The Kier molecular flexibility index (Phi) is 8.08. The van der Waals surface area contributed by atoms with Crippen LogP contribution in [0.3, 0.4) is 0 Å². The van der Waals surface area contributed by atoms with Gasteiger partial charge in [0.1, 0.15) is 6.04 Å². The lowest BCUT2D eigenvalue weighted by Gasteiger charge is -2.37. The Morgan fingerprint density at radius 3 is 2.18 bits per heavy atom. The molecule has 1 amide bonds. The number of hydrogen-bond donors (Lipinski definition) is 1. The lowest BCUT2D eigenvalue weighted by atomic mass is 9.95. The predicted molar refractivity (Wildman–Crippen MR) is 108 cm³/mol. The lowest BCUT2D eigenvalue weighted by Crippen LogP contribution is -2.51. The fraction of sp³-hybridized carbons (Fsp3) is 0.409. The molecule has 11 heteroatoms. The molecule has 1 aromatic carbocycles. The van der Waals surface area contributed by atoms with Gasteiger partial charge in [0, 0.05) is 11.8 Å². The van der Waals surface area contributed by atoms with Gasteiger partial charge in [0.2, 0.25) is 5.91 Å². The minimum absolute atomic E-state index is 0.00937. The van der Waals surface area contributed by atoms with Gasteiger partial charge in [-0.2, -0.15) is 31.6 Å². The number of benzene rings is 1. The van der Waals surface area contributed by atoms with Gasteiger partial charge in [-0.15, -0.1) is 0 Å². The number of hydrogen-bond acceptors (Lipinski definition) is 4. The highest BCUT2D eigenvalue weighted by atomic mass is 19.4. The van der Waals surface area contributed by atoms with Gasteiger partial charge in [-0.25, -0.2) is 0 Å². The number of carbonyl (C=O) groups is 1. The van der Waals surface area contributed by atoms with Crippen LogP contribution in [0.15, 0.2) is 42.6 Å². The van der Waals surface area contributed by atoms with Crippen molar-refractivity contribution < 1.29 is 31.1 Å². The number of alkyl halides is 6.